The highest BCUT2D eigenvalue weighted by Gasteiger charge is 2.35. The zero-order chi connectivity index (χ0) is 16.9. The molecule has 0 aromatic heterocycles. The summed E-state index contributed by atoms with van der Waals surface area (Å²) in [7, 11) is 1.58. The van der Waals surface area contributed by atoms with Crippen molar-refractivity contribution in [2.75, 3.05) is 13.7 Å². The molecule has 0 radical (unpaired) electrons. The number of carbonyl (C=O) groups is 2. The summed E-state index contributed by atoms with van der Waals surface area (Å²) < 4.78 is 15.6. The Bertz CT molecular complexity index is 708. The van der Waals surface area contributed by atoms with Crippen molar-refractivity contribution in [1.82, 2.24) is 0 Å². The molecule has 1 heterocycles. The van der Waals surface area contributed by atoms with E-state index in [1.165, 1.54) is 0 Å². The van der Waals surface area contributed by atoms with Crippen LogP contribution < -0.4 is 4.74 Å². The monoisotopic (exact) mass is 326 g/mol. The van der Waals surface area contributed by atoms with E-state index < -0.39 is 5.97 Å². The van der Waals surface area contributed by atoms with Crippen LogP contribution in [-0.2, 0) is 14.3 Å². The van der Waals surface area contributed by atoms with E-state index >= 15 is 0 Å². The van der Waals surface area contributed by atoms with Crippen LogP contribution in [0.4, 0.5) is 0 Å². The molecule has 0 amide bonds. The molecular formula is C19H18O5. The number of benzene rings is 2. The van der Waals surface area contributed by atoms with Crippen LogP contribution in [0.1, 0.15) is 28.3 Å². The lowest BCUT2D eigenvalue weighted by Crippen LogP contribution is -2.13. The molecule has 1 aliphatic rings. The van der Waals surface area contributed by atoms with Gasteiger partial charge >= 0.3 is 11.9 Å². The SMILES string of the molecule is COCC1CC(c2ccc(OC(=O)c3ccccc3)cc2)C(=O)O1. The first-order valence-electron chi connectivity index (χ1n) is 7.74. The van der Waals surface area contributed by atoms with Gasteiger partial charge in [0.15, 0.2) is 0 Å². The minimum absolute atomic E-state index is 0.205. The number of hydrogen-bond donors (Lipinski definition) is 0. The lowest BCUT2D eigenvalue weighted by atomic mass is 9.96. The van der Waals surface area contributed by atoms with Gasteiger partial charge in [0.1, 0.15) is 11.9 Å². The van der Waals surface area contributed by atoms with E-state index in [-0.39, 0.29) is 18.0 Å². The first-order valence-corrected chi connectivity index (χ1v) is 7.74. The van der Waals surface area contributed by atoms with E-state index in [1.807, 2.05) is 6.07 Å². The second-order valence-corrected chi connectivity index (χ2v) is 5.63. The Morgan fingerprint density at radius 2 is 1.83 bits per heavy atom. The summed E-state index contributed by atoms with van der Waals surface area (Å²) in [5.74, 6) is -0.522. The Kier molecular flexibility index (Phi) is 4.91. The largest absolute Gasteiger partial charge is 0.459 e. The van der Waals surface area contributed by atoms with Crippen molar-refractivity contribution in [2.24, 2.45) is 0 Å². The van der Waals surface area contributed by atoms with Crippen molar-refractivity contribution in [3.63, 3.8) is 0 Å². The topological polar surface area (TPSA) is 61.8 Å². The lowest BCUT2D eigenvalue weighted by Gasteiger charge is -2.08. The molecule has 24 heavy (non-hydrogen) atoms. The third-order valence-corrected chi connectivity index (χ3v) is 3.92. The van der Waals surface area contributed by atoms with Crippen LogP contribution in [0.2, 0.25) is 0 Å². The van der Waals surface area contributed by atoms with Crippen LogP contribution in [0.15, 0.2) is 54.6 Å². The van der Waals surface area contributed by atoms with Crippen LogP contribution >= 0.6 is 0 Å². The fourth-order valence-electron chi connectivity index (χ4n) is 2.72. The van der Waals surface area contributed by atoms with E-state index in [0.717, 1.165) is 5.56 Å². The molecule has 0 aliphatic carbocycles. The minimum Gasteiger partial charge on any atom is -0.459 e. The second kappa shape index (κ2) is 7.27. The van der Waals surface area contributed by atoms with Crippen LogP contribution in [0.5, 0.6) is 5.75 Å². The summed E-state index contributed by atoms with van der Waals surface area (Å²) >= 11 is 0. The van der Waals surface area contributed by atoms with Crippen LogP contribution in [0.25, 0.3) is 0 Å². The Labute approximate surface area is 140 Å². The molecule has 0 saturated carbocycles. The predicted molar refractivity (Wildman–Crippen MR) is 87.0 cm³/mol. The molecule has 124 valence electrons. The molecule has 1 aliphatic heterocycles. The second-order valence-electron chi connectivity index (χ2n) is 5.63. The van der Waals surface area contributed by atoms with Crippen molar-refractivity contribution in [2.45, 2.75) is 18.4 Å². The Morgan fingerprint density at radius 1 is 1.12 bits per heavy atom. The number of rotatable bonds is 5. The standard InChI is InChI=1S/C19H18O5/c1-22-12-16-11-17(19(21)24-16)13-7-9-15(10-8-13)23-18(20)14-5-3-2-4-6-14/h2-10,16-17H,11-12H2,1H3. The van der Waals surface area contributed by atoms with Gasteiger partial charge in [-0.25, -0.2) is 4.79 Å². The number of methoxy groups -OCH3 is 1. The molecule has 1 saturated heterocycles. The predicted octanol–water partition coefficient (Wildman–Crippen LogP) is 2.95. The van der Waals surface area contributed by atoms with Crippen molar-refractivity contribution >= 4 is 11.9 Å². The first-order chi connectivity index (χ1) is 11.7. The molecule has 2 aromatic rings. The van der Waals surface area contributed by atoms with Gasteiger partial charge in [0.05, 0.1) is 18.1 Å². The Hall–Kier alpha value is -2.66. The number of cyclic esters (lactones) is 1. The summed E-state index contributed by atoms with van der Waals surface area (Å²) in [6.45, 7) is 0.398. The quantitative estimate of drug-likeness (QED) is 0.624. The van der Waals surface area contributed by atoms with Gasteiger partial charge in [-0.15, -0.1) is 0 Å². The molecular weight excluding hydrogens is 308 g/mol. The fraction of sp³-hybridized carbons (Fsp3) is 0.263. The van der Waals surface area contributed by atoms with Gasteiger partial charge in [0.25, 0.3) is 0 Å². The Morgan fingerprint density at radius 3 is 2.50 bits per heavy atom. The maximum atomic E-state index is 12.0. The van der Waals surface area contributed by atoms with Gasteiger partial charge in [-0.3, -0.25) is 4.79 Å². The molecule has 0 bridgehead atoms. The van der Waals surface area contributed by atoms with E-state index in [9.17, 15) is 9.59 Å². The fourth-order valence-corrected chi connectivity index (χ4v) is 2.72. The zero-order valence-electron chi connectivity index (χ0n) is 13.3. The number of esters is 2. The van der Waals surface area contributed by atoms with E-state index in [2.05, 4.69) is 0 Å². The summed E-state index contributed by atoms with van der Waals surface area (Å²) in [5.41, 5.74) is 1.33. The summed E-state index contributed by atoms with van der Waals surface area (Å²) in [6, 6.07) is 15.7. The number of hydrogen-bond acceptors (Lipinski definition) is 5. The highest BCUT2D eigenvalue weighted by Crippen LogP contribution is 2.31. The van der Waals surface area contributed by atoms with Gasteiger partial charge in [-0.2, -0.15) is 0 Å². The lowest BCUT2D eigenvalue weighted by molar-refractivity contribution is -0.144. The minimum atomic E-state index is -0.413. The molecule has 2 aromatic carbocycles. The van der Waals surface area contributed by atoms with Gasteiger partial charge in [-0.05, 0) is 29.8 Å². The van der Waals surface area contributed by atoms with Crippen molar-refractivity contribution in [1.29, 1.82) is 0 Å². The summed E-state index contributed by atoms with van der Waals surface area (Å²) in [6.07, 6.45) is 0.388. The van der Waals surface area contributed by atoms with Crippen molar-refractivity contribution in [3.05, 3.63) is 65.7 Å². The molecule has 0 N–H and O–H groups in total. The van der Waals surface area contributed by atoms with E-state index in [0.29, 0.717) is 24.3 Å². The van der Waals surface area contributed by atoms with Gasteiger partial charge in [0, 0.05) is 13.5 Å². The third-order valence-electron chi connectivity index (χ3n) is 3.92. The van der Waals surface area contributed by atoms with E-state index in [1.54, 1.807) is 55.6 Å². The Balaban J connectivity index is 1.65. The normalized spacial score (nSPS) is 19.8. The molecule has 1 fully saturated rings. The first kappa shape index (κ1) is 16.2. The molecule has 5 heteroatoms. The molecule has 0 spiro atoms. The summed E-state index contributed by atoms with van der Waals surface area (Å²) in [4.78, 5) is 24.0. The molecule has 2 unspecified atom stereocenters. The van der Waals surface area contributed by atoms with Crippen LogP contribution in [0.3, 0.4) is 0 Å². The van der Waals surface area contributed by atoms with Crippen molar-refractivity contribution in [3.8, 4) is 5.75 Å². The average Bonchev–Trinajstić information content (AvgIpc) is 2.97. The highest BCUT2D eigenvalue weighted by atomic mass is 16.6. The van der Waals surface area contributed by atoms with Crippen LogP contribution in [-0.4, -0.2) is 31.8 Å². The molecule has 3 rings (SSSR count). The van der Waals surface area contributed by atoms with E-state index in [4.69, 9.17) is 14.2 Å². The number of ether oxygens (including phenoxy) is 3. The van der Waals surface area contributed by atoms with Gasteiger partial charge in [0.2, 0.25) is 0 Å². The van der Waals surface area contributed by atoms with Gasteiger partial charge < -0.3 is 14.2 Å². The van der Waals surface area contributed by atoms with Gasteiger partial charge in [-0.1, -0.05) is 30.3 Å². The third kappa shape index (κ3) is 3.63. The smallest absolute Gasteiger partial charge is 0.343 e. The van der Waals surface area contributed by atoms with Crippen LogP contribution in [0, 0.1) is 0 Å². The maximum absolute atomic E-state index is 12.0. The number of carbonyl (C=O) groups excluding carboxylic acids is 2. The maximum Gasteiger partial charge on any atom is 0.343 e. The highest BCUT2D eigenvalue weighted by molar-refractivity contribution is 5.91. The molecule has 2 atom stereocenters. The average molecular weight is 326 g/mol. The zero-order valence-corrected chi connectivity index (χ0v) is 13.3. The van der Waals surface area contributed by atoms with Crippen molar-refractivity contribution < 1.29 is 23.8 Å². The molecule has 5 nitrogen and oxygen atoms in total. The summed E-state index contributed by atoms with van der Waals surface area (Å²) in [5, 5.41) is 0.